The minimum atomic E-state index is -0.289. The molecule has 1 aliphatic carbocycles. The highest BCUT2D eigenvalue weighted by atomic mass is 16.2. The number of pyridine rings is 1. The lowest BCUT2D eigenvalue weighted by Gasteiger charge is -2.36. The lowest BCUT2D eigenvalue weighted by molar-refractivity contribution is 0.102. The Labute approximate surface area is 147 Å². The first-order valence-corrected chi connectivity index (χ1v) is 9.05. The second kappa shape index (κ2) is 6.84. The van der Waals surface area contributed by atoms with Gasteiger partial charge in [0.1, 0.15) is 5.69 Å². The SMILES string of the molecule is O=C(Nc1ccc2c(c1)CCN(C1CCC1)CC2)c1cccc(=O)[nH]1. The van der Waals surface area contributed by atoms with Crippen molar-refractivity contribution in [3.63, 3.8) is 0 Å². The number of nitrogens with zero attached hydrogens (tertiary/aromatic N) is 1. The Morgan fingerprint density at radius 3 is 2.60 bits per heavy atom. The molecular formula is C20H23N3O2. The van der Waals surface area contributed by atoms with Crippen LogP contribution in [0.2, 0.25) is 0 Å². The van der Waals surface area contributed by atoms with E-state index in [0.29, 0.717) is 0 Å². The number of rotatable bonds is 3. The molecule has 0 radical (unpaired) electrons. The molecule has 0 saturated heterocycles. The van der Waals surface area contributed by atoms with E-state index in [4.69, 9.17) is 0 Å². The van der Waals surface area contributed by atoms with Crippen LogP contribution in [0.3, 0.4) is 0 Å². The number of nitrogens with one attached hydrogen (secondary N) is 2. The van der Waals surface area contributed by atoms with Crippen LogP contribution in [0.4, 0.5) is 5.69 Å². The van der Waals surface area contributed by atoms with Gasteiger partial charge in [-0.2, -0.15) is 0 Å². The maximum atomic E-state index is 12.3. The maximum Gasteiger partial charge on any atom is 0.272 e. The molecule has 130 valence electrons. The average Bonchev–Trinajstić information content (AvgIpc) is 2.76. The summed E-state index contributed by atoms with van der Waals surface area (Å²) >= 11 is 0. The normalized spacial score (nSPS) is 18.1. The highest BCUT2D eigenvalue weighted by molar-refractivity contribution is 6.02. The molecule has 1 saturated carbocycles. The van der Waals surface area contributed by atoms with Crippen LogP contribution in [0.5, 0.6) is 0 Å². The number of hydrogen-bond donors (Lipinski definition) is 2. The third-order valence-corrected chi connectivity index (χ3v) is 5.40. The number of fused-ring (bicyclic) bond motifs is 1. The van der Waals surface area contributed by atoms with E-state index in [9.17, 15) is 9.59 Å². The van der Waals surface area contributed by atoms with Gasteiger partial charge < -0.3 is 10.3 Å². The first-order valence-electron chi connectivity index (χ1n) is 9.05. The van der Waals surface area contributed by atoms with Gasteiger partial charge in [0.15, 0.2) is 0 Å². The van der Waals surface area contributed by atoms with Gasteiger partial charge in [-0.25, -0.2) is 0 Å². The van der Waals surface area contributed by atoms with Crippen LogP contribution in [-0.4, -0.2) is 34.9 Å². The molecule has 0 spiro atoms. The van der Waals surface area contributed by atoms with Crippen LogP contribution in [0.25, 0.3) is 0 Å². The van der Waals surface area contributed by atoms with Crippen molar-refractivity contribution in [3.05, 3.63) is 63.6 Å². The molecule has 0 unspecified atom stereocenters. The van der Waals surface area contributed by atoms with Crippen LogP contribution in [0.15, 0.2) is 41.2 Å². The summed E-state index contributed by atoms with van der Waals surface area (Å²) < 4.78 is 0. The molecule has 4 rings (SSSR count). The Morgan fingerprint density at radius 1 is 1.08 bits per heavy atom. The van der Waals surface area contributed by atoms with E-state index < -0.39 is 0 Å². The Kier molecular flexibility index (Phi) is 4.40. The van der Waals surface area contributed by atoms with Gasteiger partial charge in [-0.3, -0.25) is 14.5 Å². The number of aromatic nitrogens is 1. The van der Waals surface area contributed by atoms with E-state index in [1.807, 2.05) is 6.07 Å². The molecule has 1 fully saturated rings. The Hall–Kier alpha value is -2.40. The van der Waals surface area contributed by atoms with Gasteiger partial charge in [0.25, 0.3) is 5.91 Å². The van der Waals surface area contributed by atoms with Crippen LogP contribution < -0.4 is 10.9 Å². The van der Waals surface area contributed by atoms with Crippen molar-refractivity contribution >= 4 is 11.6 Å². The van der Waals surface area contributed by atoms with E-state index in [1.165, 1.54) is 36.5 Å². The summed E-state index contributed by atoms with van der Waals surface area (Å²) in [6.07, 6.45) is 6.15. The summed E-state index contributed by atoms with van der Waals surface area (Å²) in [5.74, 6) is -0.289. The minimum Gasteiger partial charge on any atom is -0.321 e. The quantitative estimate of drug-likeness (QED) is 0.905. The van der Waals surface area contributed by atoms with Crippen molar-refractivity contribution in [1.82, 2.24) is 9.88 Å². The highest BCUT2D eigenvalue weighted by Crippen LogP contribution is 2.28. The van der Waals surface area contributed by atoms with Crippen LogP contribution in [-0.2, 0) is 12.8 Å². The van der Waals surface area contributed by atoms with Gasteiger partial charge >= 0.3 is 0 Å². The van der Waals surface area contributed by atoms with Gasteiger partial charge in [-0.15, -0.1) is 0 Å². The Bertz CT molecular complexity index is 839. The molecular weight excluding hydrogens is 314 g/mol. The molecule has 5 heteroatoms. The maximum absolute atomic E-state index is 12.3. The first kappa shape index (κ1) is 16.1. The molecule has 1 amide bonds. The van der Waals surface area contributed by atoms with E-state index in [1.54, 1.807) is 12.1 Å². The fraction of sp³-hybridized carbons (Fsp3) is 0.400. The standard InChI is InChI=1S/C20H23N3O2/c24-19-6-2-5-18(22-19)20(25)21-16-8-7-14-9-11-23(17-3-1-4-17)12-10-15(14)13-16/h2,5-8,13,17H,1,3-4,9-12H2,(H,21,25)(H,22,24). The molecule has 2 heterocycles. The zero-order valence-corrected chi connectivity index (χ0v) is 14.3. The van der Waals surface area contributed by atoms with Crippen LogP contribution in [0.1, 0.15) is 40.9 Å². The summed E-state index contributed by atoms with van der Waals surface area (Å²) in [5, 5.41) is 2.89. The Balaban J connectivity index is 1.47. The number of carbonyl (C=O) groups is 1. The summed E-state index contributed by atoms with van der Waals surface area (Å²) in [4.78, 5) is 28.8. The van der Waals surface area contributed by atoms with Gasteiger partial charge in [0.05, 0.1) is 0 Å². The number of amides is 1. The number of anilines is 1. The lowest BCUT2D eigenvalue weighted by atomic mass is 9.91. The molecule has 2 N–H and O–H groups in total. The monoisotopic (exact) mass is 337 g/mol. The topological polar surface area (TPSA) is 65.2 Å². The predicted octanol–water partition coefficient (Wildman–Crippen LogP) is 2.58. The van der Waals surface area contributed by atoms with Gasteiger partial charge in [-0.05, 0) is 55.0 Å². The first-order chi connectivity index (χ1) is 12.2. The summed E-state index contributed by atoms with van der Waals surface area (Å²) in [6, 6.07) is 11.5. The van der Waals surface area contributed by atoms with Crippen molar-refractivity contribution in [2.45, 2.75) is 38.1 Å². The molecule has 1 aromatic carbocycles. The van der Waals surface area contributed by atoms with Crippen molar-refractivity contribution in [2.24, 2.45) is 0 Å². The number of hydrogen-bond acceptors (Lipinski definition) is 3. The van der Waals surface area contributed by atoms with Crippen LogP contribution in [0, 0.1) is 0 Å². The van der Waals surface area contributed by atoms with Crippen molar-refractivity contribution in [3.8, 4) is 0 Å². The summed E-state index contributed by atoms with van der Waals surface area (Å²) in [5.41, 5.74) is 3.49. The lowest BCUT2D eigenvalue weighted by Crippen LogP contribution is -2.41. The van der Waals surface area contributed by atoms with Crippen molar-refractivity contribution in [1.29, 1.82) is 0 Å². The molecule has 0 bridgehead atoms. The fourth-order valence-electron chi connectivity index (χ4n) is 3.72. The molecule has 1 aromatic heterocycles. The zero-order chi connectivity index (χ0) is 17.2. The van der Waals surface area contributed by atoms with Gasteiger partial charge in [-0.1, -0.05) is 18.6 Å². The molecule has 2 aromatic rings. The highest BCUT2D eigenvalue weighted by Gasteiger charge is 2.26. The molecule has 5 nitrogen and oxygen atoms in total. The van der Waals surface area contributed by atoms with Crippen LogP contribution >= 0.6 is 0 Å². The van der Waals surface area contributed by atoms with E-state index in [0.717, 1.165) is 37.7 Å². The third-order valence-electron chi connectivity index (χ3n) is 5.40. The number of H-pyrrole nitrogens is 1. The summed E-state index contributed by atoms with van der Waals surface area (Å²) in [6.45, 7) is 2.23. The Morgan fingerprint density at radius 2 is 1.88 bits per heavy atom. The predicted molar refractivity (Wildman–Crippen MR) is 98.1 cm³/mol. The van der Waals surface area contributed by atoms with Crippen molar-refractivity contribution in [2.75, 3.05) is 18.4 Å². The van der Waals surface area contributed by atoms with Gasteiger partial charge in [0.2, 0.25) is 5.56 Å². The molecule has 0 atom stereocenters. The van der Waals surface area contributed by atoms with E-state index in [2.05, 4.69) is 27.3 Å². The van der Waals surface area contributed by atoms with E-state index in [-0.39, 0.29) is 17.2 Å². The summed E-state index contributed by atoms with van der Waals surface area (Å²) in [7, 11) is 0. The van der Waals surface area contributed by atoms with Crippen molar-refractivity contribution < 1.29 is 4.79 Å². The fourth-order valence-corrected chi connectivity index (χ4v) is 3.72. The number of benzene rings is 1. The number of carbonyl (C=O) groups excluding carboxylic acids is 1. The molecule has 2 aliphatic rings. The van der Waals surface area contributed by atoms with Gasteiger partial charge in [0, 0.05) is 30.9 Å². The molecule has 1 aliphatic heterocycles. The second-order valence-corrected chi connectivity index (χ2v) is 6.99. The van der Waals surface area contributed by atoms with E-state index >= 15 is 0 Å². The number of aromatic amines is 1. The minimum absolute atomic E-state index is 0.273. The average molecular weight is 337 g/mol. The smallest absolute Gasteiger partial charge is 0.272 e. The second-order valence-electron chi connectivity index (χ2n) is 6.99. The molecule has 25 heavy (non-hydrogen) atoms. The largest absolute Gasteiger partial charge is 0.321 e. The third kappa shape index (κ3) is 3.51. The zero-order valence-electron chi connectivity index (χ0n) is 14.3.